The lowest BCUT2D eigenvalue weighted by molar-refractivity contribution is -0.119. The highest BCUT2D eigenvalue weighted by molar-refractivity contribution is 8.04. The van der Waals surface area contributed by atoms with Gasteiger partial charge in [0.1, 0.15) is 0 Å². The molecular formula is C18H12Cl3NO3S. The van der Waals surface area contributed by atoms with Crippen molar-refractivity contribution in [2.24, 2.45) is 0 Å². The fraction of sp³-hybridized carbons (Fsp3) is 0.111. The molecule has 1 heterocycles. The van der Waals surface area contributed by atoms with Crippen LogP contribution >= 0.6 is 46.6 Å². The summed E-state index contributed by atoms with van der Waals surface area (Å²) in [6, 6.07) is 11.2. The van der Waals surface area contributed by atoms with Crippen LogP contribution in [0, 0.1) is 0 Å². The van der Waals surface area contributed by atoms with E-state index in [1.165, 1.54) is 18.2 Å². The lowest BCUT2D eigenvalue weighted by atomic mass is 10.1. The quantitative estimate of drug-likeness (QED) is 0.704. The van der Waals surface area contributed by atoms with Crippen LogP contribution in [0.4, 0.5) is 5.69 Å². The van der Waals surface area contributed by atoms with Crippen molar-refractivity contribution in [1.29, 1.82) is 0 Å². The van der Waals surface area contributed by atoms with Crippen molar-refractivity contribution in [2.45, 2.75) is 0 Å². The van der Waals surface area contributed by atoms with Crippen LogP contribution in [0.3, 0.4) is 0 Å². The standard InChI is InChI=1S/C18H12Cl3NO3S/c19-11-3-1-10(2-4-11)15-16(26-6-5-23)18(25)22(17(15)24)14-8-12(20)7-13(21)9-14/h1-4,7-9,23H,5-6H2. The first kappa shape index (κ1) is 19.3. The molecule has 2 aromatic carbocycles. The number of hydrogen-bond donors (Lipinski definition) is 1. The lowest BCUT2D eigenvalue weighted by Crippen LogP contribution is -2.31. The number of imide groups is 1. The Morgan fingerprint density at radius 1 is 0.885 bits per heavy atom. The van der Waals surface area contributed by atoms with Gasteiger partial charge < -0.3 is 5.11 Å². The lowest BCUT2D eigenvalue weighted by Gasteiger charge is -2.16. The predicted octanol–water partition coefficient (Wildman–Crippen LogP) is 4.66. The van der Waals surface area contributed by atoms with Crippen LogP contribution in [0.5, 0.6) is 0 Å². The van der Waals surface area contributed by atoms with Gasteiger partial charge in [-0.15, -0.1) is 11.8 Å². The second kappa shape index (κ2) is 8.03. The highest BCUT2D eigenvalue weighted by Gasteiger charge is 2.40. The molecule has 0 aliphatic carbocycles. The largest absolute Gasteiger partial charge is 0.396 e. The number of benzene rings is 2. The number of aliphatic hydroxyl groups is 1. The maximum atomic E-state index is 13.1. The van der Waals surface area contributed by atoms with E-state index in [0.29, 0.717) is 26.3 Å². The van der Waals surface area contributed by atoms with Crippen molar-refractivity contribution < 1.29 is 14.7 Å². The molecule has 3 rings (SSSR count). The van der Waals surface area contributed by atoms with Crippen LogP contribution in [0.1, 0.15) is 5.56 Å². The number of amides is 2. The first-order chi connectivity index (χ1) is 12.4. The topological polar surface area (TPSA) is 57.6 Å². The van der Waals surface area contributed by atoms with Gasteiger partial charge >= 0.3 is 0 Å². The van der Waals surface area contributed by atoms with E-state index in [2.05, 4.69) is 0 Å². The van der Waals surface area contributed by atoms with Crippen molar-refractivity contribution in [3.63, 3.8) is 0 Å². The molecule has 134 valence electrons. The zero-order valence-electron chi connectivity index (χ0n) is 13.2. The molecule has 1 N–H and O–H groups in total. The summed E-state index contributed by atoms with van der Waals surface area (Å²) >= 11 is 19.1. The van der Waals surface area contributed by atoms with Gasteiger partial charge in [-0.2, -0.15) is 0 Å². The number of rotatable bonds is 5. The van der Waals surface area contributed by atoms with E-state index >= 15 is 0 Å². The van der Waals surface area contributed by atoms with Gasteiger partial charge in [-0.05, 0) is 35.9 Å². The summed E-state index contributed by atoms with van der Waals surface area (Å²) in [6.07, 6.45) is 0. The number of carbonyl (C=O) groups excluding carboxylic acids is 2. The highest BCUT2D eigenvalue weighted by Crippen LogP contribution is 2.39. The van der Waals surface area contributed by atoms with Gasteiger partial charge in [0.2, 0.25) is 0 Å². The third-order valence-corrected chi connectivity index (χ3v) is 5.36. The van der Waals surface area contributed by atoms with E-state index in [4.69, 9.17) is 39.9 Å². The van der Waals surface area contributed by atoms with Crippen molar-refractivity contribution in [2.75, 3.05) is 17.3 Å². The normalized spacial score (nSPS) is 14.5. The molecule has 2 aromatic rings. The van der Waals surface area contributed by atoms with Gasteiger partial charge in [-0.25, -0.2) is 4.90 Å². The minimum Gasteiger partial charge on any atom is -0.396 e. The van der Waals surface area contributed by atoms with E-state index < -0.39 is 11.8 Å². The molecule has 1 aliphatic heterocycles. The summed E-state index contributed by atoms with van der Waals surface area (Å²) in [5.74, 6) is -0.664. The molecule has 4 nitrogen and oxygen atoms in total. The Kier molecular flexibility index (Phi) is 5.95. The van der Waals surface area contributed by atoms with Gasteiger partial charge in [-0.1, -0.05) is 46.9 Å². The van der Waals surface area contributed by atoms with Crippen molar-refractivity contribution >= 4 is 69.6 Å². The van der Waals surface area contributed by atoms with Gasteiger partial charge in [0.25, 0.3) is 11.8 Å². The van der Waals surface area contributed by atoms with Crippen LogP contribution in [0.15, 0.2) is 47.4 Å². The zero-order chi connectivity index (χ0) is 18.8. The Morgan fingerprint density at radius 2 is 1.50 bits per heavy atom. The number of anilines is 1. The van der Waals surface area contributed by atoms with Gasteiger partial charge in [0.15, 0.2) is 0 Å². The summed E-state index contributed by atoms with van der Waals surface area (Å²) in [5.41, 5.74) is 1.13. The number of aliphatic hydroxyl groups excluding tert-OH is 1. The number of thioether (sulfide) groups is 1. The average Bonchev–Trinajstić information content (AvgIpc) is 2.83. The summed E-state index contributed by atoms with van der Waals surface area (Å²) in [4.78, 5) is 27.3. The summed E-state index contributed by atoms with van der Waals surface area (Å²) < 4.78 is 0. The van der Waals surface area contributed by atoms with E-state index in [9.17, 15) is 9.59 Å². The molecule has 0 spiro atoms. The van der Waals surface area contributed by atoms with Crippen LogP contribution < -0.4 is 4.90 Å². The monoisotopic (exact) mass is 427 g/mol. The minimum absolute atomic E-state index is 0.119. The Hall–Kier alpha value is -1.50. The summed E-state index contributed by atoms with van der Waals surface area (Å²) in [6.45, 7) is -0.119. The fourth-order valence-electron chi connectivity index (χ4n) is 2.57. The molecule has 0 saturated carbocycles. The SMILES string of the molecule is O=C1C(SCCO)=C(c2ccc(Cl)cc2)C(=O)N1c1cc(Cl)cc(Cl)c1. The number of hydrogen-bond acceptors (Lipinski definition) is 4. The third-order valence-electron chi connectivity index (χ3n) is 3.62. The van der Waals surface area contributed by atoms with Crippen molar-refractivity contribution in [1.82, 2.24) is 0 Å². The molecule has 0 fully saturated rings. The number of halogens is 3. The smallest absolute Gasteiger partial charge is 0.272 e. The summed E-state index contributed by atoms with van der Waals surface area (Å²) in [7, 11) is 0. The Balaban J connectivity index is 2.09. The third kappa shape index (κ3) is 3.77. The van der Waals surface area contributed by atoms with Crippen molar-refractivity contribution in [3.8, 4) is 0 Å². The molecule has 2 amide bonds. The molecule has 0 saturated heterocycles. The van der Waals surface area contributed by atoms with Crippen LogP contribution in [0.25, 0.3) is 5.57 Å². The first-order valence-corrected chi connectivity index (χ1v) is 9.63. The Labute approximate surface area is 169 Å². The zero-order valence-corrected chi connectivity index (χ0v) is 16.3. The van der Waals surface area contributed by atoms with Gasteiger partial charge in [0, 0.05) is 20.8 Å². The molecule has 0 radical (unpaired) electrons. The van der Waals surface area contributed by atoms with E-state index in [1.807, 2.05) is 0 Å². The fourth-order valence-corrected chi connectivity index (χ4v) is 4.07. The molecule has 0 bridgehead atoms. The highest BCUT2D eigenvalue weighted by atomic mass is 35.5. The minimum atomic E-state index is -0.476. The van der Waals surface area contributed by atoms with Crippen LogP contribution in [-0.4, -0.2) is 29.3 Å². The Morgan fingerprint density at radius 3 is 2.08 bits per heavy atom. The number of nitrogens with zero attached hydrogens (tertiary/aromatic N) is 1. The molecule has 0 aromatic heterocycles. The van der Waals surface area contributed by atoms with Gasteiger partial charge in [0.05, 0.1) is 22.8 Å². The van der Waals surface area contributed by atoms with E-state index in [1.54, 1.807) is 24.3 Å². The van der Waals surface area contributed by atoms with Crippen LogP contribution in [-0.2, 0) is 9.59 Å². The van der Waals surface area contributed by atoms with Crippen molar-refractivity contribution in [3.05, 3.63) is 68.0 Å². The maximum absolute atomic E-state index is 13.1. The molecule has 26 heavy (non-hydrogen) atoms. The summed E-state index contributed by atoms with van der Waals surface area (Å²) in [5, 5.41) is 10.3. The molecule has 0 atom stereocenters. The van der Waals surface area contributed by atoms with E-state index in [0.717, 1.165) is 16.7 Å². The maximum Gasteiger partial charge on any atom is 0.272 e. The van der Waals surface area contributed by atoms with Gasteiger partial charge in [-0.3, -0.25) is 9.59 Å². The second-order valence-corrected chi connectivity index (χ2v) is 7.77. The van der Waals surface area contributed by atoms with Crippen LogP contribution in [0.2, 0.25) is 15.1 Å². The molecule has 1 aliphatic rings. The average molecular weight is 429 g/mol. The molecule has 8 heteroatoms. The number of carbonyl (C=O) groups is 2. The molecular weight excluding hydrogens is 417 g/mol. The second-order valence-electron chi connectivity index (χ2n) is 5.36. The molecule has 0 unspecified atom stereocenters. The first-order valence-electron chi connectivity index (χ1n) is 7.51. The van der Waals surface area contributed by atoms with E-state index in [-0.39, 0.29) is 22.8 Å². The Bertz CT molecular complexity index is 892. The predicted molar refractivity (Wildman–Crippen MR) is 107 cm³/mol.